The normalized spacial score (nSPS) is 12.1. The summed E-state index contributed by atoms with van der Waals surface area (Å²) in [5, 5.41) is 2.51. The van der Waals surface area contributed by atoms with Crippen molar-refractivity contribution in [2.75, 3.05) is 0 Å². The van der Waals surface area contributed by atoms with Crippen LogP contribution in [0.5, 0.6) is 0 Å². The lowest BCUT2D eigenvalue weighted by Crippen LogP contribution is -2.00. The minimum absolute atomic E-state index is 0.646. The molecule has 57 heavy (non-hydrogen) atoms. The van der Waals surface area contributed by atoms with Crippen LogP contribution < -0.4 is 0 Å². The lowest BCUT2D eigenvalue weighted by atomic mass is 10.0. The number of para-hydroxylation sites is 2. The molecular weight excluding hydrogens is 733 g/mol. The van der Waals surface area contributed by atoms with Crippen molar-refractivity contribution in [1.29, 1.82) is 0 Å². The number of hydrogen-bond acceptors (Lipinski definition) is 5. The Morgan fingerprint density at radius 2 is 0.825 bits per heavy atom. The highest BCUT2D eigenvalue weighted by atomic mass is 32.2. The average Bonchev–Trinajstić information content (AvgIpc) is 3.62. The Balaban J connectivity index is 1.01. The van der Waals surface area contributed by atoms with Gasteiger partial charge in [0.25, 0.3) is 0 Å². The summed E-state index contributed by atoms with van der Waals surface area (Å²) in [5.41, 5.74) is 11.2. The first-order valence-corrected chi connectivity index (χ1v) is 20.6. The van der Waals surface area contributed by atoms with Crippen molar-refractivity contribution in [2.24, 2.45) is 0 Å². The third-order valence-electron chi connectivity index (χ3n) is 10.5. The first-order chi connectivity index (χ1) is 28.2. The average molecular weight is 765 g/mol. The van der Waals surface area contributed by atoms with Crippen LogP contribution in [0.25, 0.3) is 83.9 Å². The maximum atomic E-state index is 5.02. The van der Waals surface area contributed by atoms with Crippen molar-refractivity contribution in [3.8, 4) is 62.1 Å². The molecule has 2 aromatic heterocycles. The van der Waals surface area contributed by atoms with Crippen molar-refractivity contribution in [2.45, 2.75) is 19.6 Å². The summed E-state index contributed by atoms with van der Waals surface area (Å²) in [6.45, 7) is 0. The second-order valence-electron chi connectivity index (χ2n) is 14.0. The van der Waals surface area contributed by atoms with Crippen molar-refractivity contribution < 1.29 is 0 Å². The van der Waals surface area contributed by atoms with E-state index in [0.717, 1.165) is 27.9 Å². The van der Waals surface area contributed by atoms with Gasteiger partial charge in [0.15, 0.2) is 17.5 Å². The Bertz CT molecular complexity index is 3070. The summed E-state index contributed by atoms with van der Waals surface area (Å²) in [5.74, 6) is 1.95. The zero-order valence-electron chi connectivity index (χ0n) is 30.6. The number of nitrogens with zero attached hydrogens (tertiary/aromatic N) is 4. The molecule has 0 atom stereocenters. The highest BCUT2D eigenvalue weighted by Crippen LogP contribution is 2.54. The lowest BCUT2D eigenvalue weighted by Gasteiger charge is -2.23. The summed E-state index contributed by atoms with van der Waals surface area (Å²) in [6, 6.07) is 68.6. The van der Waals surface area contributed by atoms with Crippen molar-refractivity contribution >= 4 is 45.3 Å². The van der Waals surface area contributed by atoms with Gasteiger partial charge in [-0.05, 0) is 64.7 Å². The quantitative estimate of drug-likeness (QED) is 0.169. The Labute approximate surface area is 339 Å². The maximum absolute atomic E-state index is 5.02. The van der Waals surface area contributed by atoms with E-state index in [2.05, 4.69) is 138 Å². The second kappa shape index (κ2) is 14.1. The van der Waals surface area contributed by atoms with Crippen LogP contribution >= 0.6 is 23.5 Å². The van der Waals surface area contributed by atoms with E-state index in [-0.39, 0.29) is 0 Å². The molecule has 0 radical (unpaired) electrons. The van der Waals surface area contributed by atoms with E-state index in [9.17, 15) is 0 Å². The molecule has 0 unspecified atom stereocenters. The molecule has 10 aromatic rings. The molecule has 0 bridgehead atoms. The van der Waals surface area contributed by atoms with Gasteiger partial charge in [-0.15, -0.1) is 0 Å². The van der Waals surface area contributed by atoms with E-state index in [1.807, 2.05) is 84.2 Å². The van der Waals surface area contributed by atoms with Crippen LogP contribution in [0.2, 0.25) is 0 Å². The van der Waals surface area contributed by atoms with Gasteiger partial charge in [-0.1, -0.05) is 175 Å². The fourth-order valence-electron chi connectivity index (χ4n) is 7.83. The maximum Gasteiger partial charge on any atom is 0.164 e. The fourth-order valence-corrected chi connectivity index (χ4v) is 10.4. The monoisotopic (exact) mass is 764 g/mol. The topological polar surface area (TPSA) is 43.6 Å². The minimum Gasteiger partial charge on any atom is -0.309 e. The molecule has 0 spiro atoms. The first kappa shape index (κ1) is 33.6. The van der Waals surface area contributed by atoms with Crippen molar-refractivity contribution in [3.05, 3.63) is 194 Å². The van der Waals surface area contributed by atoms with Crippen LogP contribution in [0.3, 0.4) is 0 Å². The van der Waals surface area contributed by atoms with Crippen LogP contribution in [0.4, 0.5) is 0 Å². The Morgan fingerprint density at radius 3 is 1.47 bits per heavy atom. The Hall–Kier alpha value is -6.73. The van der Waals surface area contributed by atoms with Crippen molar-refractivity contribution in [1.82, 2.24) is 19.5 Å². The molecule has 268 valence electrons. The smallest absolute Gasteiger partial charge is 0.164 e. The van der Waals surface area contributed by atoms with E-state index in [1.54, 1.807) is 0 Å². The molecule has 4 nitrogen and oxygen atoms in total. The third kappa shape index (κ3) is 6.02. The summed E-state index contributed by atoms with van der Waals surface area (Å²) in [6.07, 6.45) is 0. The Kier molecular flexibility index (Phi) is 8.30. The summed E-state index contributed by atoms with van der Waals surface area (Å²) >= 11 is 3.72. The molecule has 3 heterocycles. The van der Waals surface area contributed by atoms with E-state index < -0.39 is 0 Å². The number of fused-ring (bicyclic) bond motifs is 5. The molecule has 0 fully saturated rings. The zero-order valence-corrected chi connectivity index (χ0v) is 32.2. The largest absolute Gasteiger partial charge is 0.309 e. The molecule has 1 aliphatic heterocycles. The zero-order chi connectivity index (χ0) is 37.7. The molecule has 0 aliphatic carbocycles. The van der Waals surface area contributed by atoms with Gasteiger partial charge in [0.2, 0.25) is 0 Å². The highest BCUT2D eigenvalue weighted by Gasteiger charge is 2.24. The van der Waals surface area contributed by atoms with Gasteiger partial charge in [0.05, 0.1) is 11.0 Å². The van der Waals surface area contributed by atoms with Gasteiger partial charge in [-0.2, -0.15) is 0 Å². The standard InChI is InChI=1S/C51H32N4S2/c1-4-15-33(16-5-1)49-52-50(34-17-6-2-7-18-34)54-51(53-49)37-20-12-19-35(31-37)39-24-13-27-45-47(39)57-48-40(25-14-28-46(48)56-45)36-29-30-42-41-23-10-11-26-43(41)55(44(42)32-36)38-21-8-3-9-22-38/h1-32H. The van der Waals surface area contributed by atoms with Gasteiger partial charge in [0.1, 0.15) is 0 Å². The molecule has 11 rings (SSSR count). The molecule has 1 aliphatic rings. The van der Waals surface area contributed by atoms with Gasteiger partial charge in [0, 0.05) is 52.7 Å². The van der Waals surface area contributed by atoms with Crippen LogP contribution in [0.15, 0.2) is 214 Å². The molecule has 0 saturated carbocycles. The van der Waals surface area contributed by atoms with Crippen LogP contribution in [-0.2, 0) is 0 Å². The fraction of sp³-hybridized carbons (Fsp3) is 0. The van der Waals surface area contributed by atoms with Gasteiger partial charge in [-0.25, -0.2) is 15.0 Å². The predicted molar refractivity (Wildman–Crippen MR) is 236 cm³/mol. The molecule has 0 saturated heterocycles. The van der Waals surface area contributed by atoms with Crippen LogP contribution in [0, 0.1) is 0 Å². The summed E-state index contributed by atoms with van der Waals surface area (Å²) in [7, 11) is 0. The van der Waals surface area contributed by atoms with Gasteiger partial charge in [-0.3, -0.25) is 0 Å². The molecule has 6 heteroatoms. The SMILES string of the molecule is c1ccc(-c2nc(-c3ccccc3)nc(-c3cccc(-c4cccc5c4Sc4c(cccc4-c4ccc6c7ccccc7n(-c7ccccc7)c6c4)S5)c3)n2)cc1. The first-order valence-electron chi connectivity index (χ1n) is 18.9. The third-order valence-corrected chi connectivity index (χ3v) is 13.2. The second-order valence-corrected chi connectivity index (χ2v) is 16.1. The highest BCUT2D eigenvalue weighted by molar-refractivity contribution is 8.05. The summed E-state index contributed by atoms with van der Waals surface area (Å²) < 4.78 is 2.39. The van der Waals surface area contributed by atoms with Crippen molar-refractivity contribution in [3.63, 3.8) is 0 Å². The lowest BCUT2D eigenvalue weighted by molar-refractivity contribution is 1.07. The van der Waals surface area contributed by atoms with E-state index in [0.29, 0.717) is 17.5 Å². The van der Waals surface area contributed by atoms with Gasteiger partial charge < -0.3 is 4.57 Å². The van der Waals surface area contributed by atoms with E-state index in [1.165, 1.54) is 58.1 Å². The molecule has 8 aromatic carbocycles. The number of aromatic nitrogens is 4. The molecule has 0 amide bonds. The minimum atomic E-state index is 0.646. The number of hydrogen-bond donors (Lipinski definition) is 0. The number of rotatable bonds is 6. The number of benzene rings is 8. The van der Waals surface area contributed by atoms with Gasteiger partial charge >= 0.3 is 0 Å². The Morgan fingerprint density at radius 1 is 0.333 bits per heavy atom. The molecular formula is C51H32N4S2. The van der Waals surface area contributed by atoms with Crippen LogP contribution in [0.1, 0.15) is 0 Å². The predicted octanol–water partition coefficient (Wildman–Crippen LogP) is 13.9. The van der Waals surface area contributed by atoms with E-state index >= 15 is 0 Å². The van der Waals surface area contributed by atoms with E-state index in [4.69, 9.17) is 15.0 Å². The summed E-state index contributed by atoms with van der Waals surface area (Å²) in [4.78, 5) is 20.0. The molecule has 0 N–H and O–H groups in total. The van der Waals surface area contributed by atoms with Crippen LogP contribution in [-0.4, -0.2) is 19.5 Å².